The molecule has 5 rings (SSSR count). The molecular weight excluding hydrogens is 392 g/mol. The lowest BCUT2D eigenvalue weighted by Gasteiger charge is -2.48. The number of rotatable bonds is 3. The van der Waals surface area contributed by atoms with Crippen molar-refractivity contribution in [3.05, 3.63) is 94.5 Å². The molecule has 5 heteroatoms. The fourth-order valence-corrected chi connectivity index (χ4v) is 5.38. The fourth-order valence-electron chi connectivity index (χ4n) is 5.38. The summed E-state index contributed by atoms with van der Waals surface area (Å²) in [5, 5.41) is 19.6. The Balaban J connectivity index is 1.76. The van der Waals surface area contributed by atoms with Crippen molar-refractivity contribution in [2.45, 2.75) is 18.8 Å². The number of benzene rings is 3. The Morgan fingerprint density at radius 1 is 0.710 bits per heavy atom. The Labute approximate surface area is 179 Å². The molecule has 0 bridgehead atoms. The SMILES string of the molecule is Cc1ccccc1-c1ccc2c(c1)C(=O)c1ccccc1[C@@H]1[C@H](C(=O)O)[C@H](C(=O)O)[C@H]21. The van der Waals surface area contributed by atoms with Crippen molar-refractivity contribution in [1.82, 2.24) is 0 Å². The molecule has 0 aliphatic heterocycles. The van der Waals surface area contributed by atoms with Gasteiger partial charge in [-0.05, 0) is 40.8 Å². The van der Waals surface area contributed by atoms with Crippen molar-refractivity contribution >= 4 is 17.7 Å². The smallest absolute Gasteiger partial charge is 0.308 e. The average molecular weight is 412 g/mol. The van der Waals surface area contributed by atoms with Gasteiger partial charge in [0.15, 0.2) is 5.78 Å². The third-order valence-corrected chi connectivity index (χ3v) is 6.80. The third kappa shape index (κ3) is 2.73. The van der Waals surface area contributed by atoms with Crippen LogP contribution in [0.15, 0.2) is 66.7 Å². The molecule has 0 aromatic heterocycles. The molecule has 31 heavy (non-hydrogen) atoms. The molecule has 0 amide bonds. The standard InChI is InChI=1S/C26H20O5/c1-13-6-2-3-7-15(13)14-10-11-17-19(12-14)24(27)18-9-5-4-8-16(18)20-21(17)23(26(30)31)22(20)25(28)29/h2-12,20-23H,1H3,(H,28,29)(H,30,31)/t20-,21+,22-,23+/m0/s1. The predicted octanol–water partition coefficient (Wildman–Crippen LogP) is 4.49. The summed E-state index contributed by atoms with van der Waals surface area (Å²) < 4.78 is 0. The van der Waals surface area contributed by atoms with E-state index in [2.05, 4.69) is 0 Å². The van der Waals surface area contributed by atoms with Gasteiger partial charge < -0.3 is 10.2 Å². The molecule has 3 aromatic rings. The molecule has 0 spiro atoms. The number of carboxylic acid groups (broad SMARTS) is 2. The molecular formula is C26H20O5. The van der Waals surface area contributed by atoms with Gasteiger partial charge in [-0.25, -0.2) is 0 Å². The number of fused-ring (bicyclic) bond motifs is 5. The number of hydrogen-bond acceptors (Lipinski definition) is 3. The zero-order valence-corrected chi connectivity index (χ0v) is 16.8. The first-order valence-electron chi connectivity index (χ1n) is 10.2. The van der Waals surface area contributed by atoms with Crippen LogP contribution in [0.25, 0.3) is 11.1 Å². The van der Waals surface area contributed by atoms with E-state index in [1.54, 1.807) is 24.3 Å². The van der Waals surface area contributed by atoms with Crippen LogP contribution in [0, 0.1) is 18.8 Å². The first-order valence-corrected chi connectivity index (χ1v) is 10.2. The average Bonchev–Trinajstić information content (AvgIpc) is 2.80. The number of ketones is 1. The molecule has 2 aliphatic rings. The summed E-state index contributed by atoms with van der Waals surface area (Å²) in [5.74, 6) is -5.74. The van der Waals surface area contributed by atoms with Gasteiger partial charge in [-0.1, -0.05) is 60.7 Å². The van der Waals surface area contributed by atoms with E-state index >= 15 is 0 Å². The number of carbonyl (C=O) groups excluding carboxylic acids is 1. The van der Waals surface area contributed by atoms with Crippen LogP contribution in [0.2, 0.25) is 0 Å². The number of hydrogen-bond donors (Lipinski definition) is 2. The Morgan fingerprint density at radius 3 is 1.87 bits per heavy atom. The molecule has 0 heterocycles. The molecule has 0 radical (unpaired) electrons. The van der Waals surface area contributed by atoms with Gasteiger partial charge in [-0.3, -0.25) is 14.4 Å². The number of carboxylic acids is 2. The summed E-state index contributed by atoms with van der Waals surface area (Å²) in [6.45, 7) is 2.00. The van der Waals surface area contributed by atoms with Gasteiger partial charge in [0.25, 0.3) is 0 Å². The minimum atomic E-state index is -1.14. The summed E-state index contributed by atoms with van der Waals surface area (Å²) in [6.07, 6.45) is 0. The minimum Gasteiger partial charge on any atom is -0.481 e. The van der Waals surface area contributed by atoms with E-state index in [-0.39, 0.29) is 5.78 Å². The van der Waals surface area contributed by atoms with E-state index < -0.39 is 35.6 Å². The van der Waals surface area contributed by atoms with E-state index in [0.29, 0.717) is 22.3 Å². The molecule has 1 saturated carbocycles. The van der Waals surface area contributed by atoms with Crippen LogP contribution in [0.5, 0.6) is 0 Å². The van der Waals surface area contributed by atoms with E-state index in [0.717, 1.165) is 16.7 Å². The second-order valence-electron chi connectivity index (χ2n) is 8.31. The van der Waals surface area contributed by atoms with Crippen LogP contribution >= 0.6 is 0 Å². The second-order valence-corrected chi connectivity index (χ2v) is 8.31. The largest absolute Gasteiger partial charge is 0.481 e. The zero-order valence-electron chi connectivity index (χ0n) is 16.8. The fraction of sp³-hybridized carbons (Fsp3) is 0.192. The van der Waals surface area contributed by atoms with Gasteiger partial charge in [0.05, 0.1) is 11.8 Å². The summed E-state index contributed by atoms with van der Waals surface area (Å²) >= 11 is 0. The van der Waals surface area contributed by atoms with Crippen molar-refractivity contribution in [2.24, 2.45) is 11.8 Å². The van der Waals surface area contributed by atoms with E-state index in [1.807, 2.05) is 49.4 Å². The highest BCUT2D eigenvalue weighted by Crippen LogP contribution is 2.60. The Hall–Kier alpha value is -3.73. The summed E-state index contributed by atoms with van der Waals surface area (Å²) in [7, 11) is 0. The molecule has 1 fully saturated rings. The highest BCUT2D eigenvalue weighted by Gasteiger charge is 2.60. The molecule has 4 atom stereocenters. The number of carbonyl (C=O) groups is 3. The summed E-state index contributed by atoms with van der Waals surface area (Å²) in [4.78, 5) is 37.6. The molecule has 2 N–H and O–H groups in total. The Morgan fingerprint density at radius 2 is 1.26 bits per heavy atom. The quantitative estimate of drug-likeness (QED) is 0.661. The predicted molar refractivity (Wildman–Crippen MR) is 114 cm³/mol. The van der Waals surface area contributed by atoms with Crippen molar-refractivity contribution in [1.29, 1.82) is 0 Å². The first-order chi connectivity index (χ1) is 14.9. The molecule has 3 aromatic carbocycles. The lowest BCUT2D eigenvalue weighted by Crippen LogP contribution is -2.51. The zero-order chi connectivity index (χ0) is 21.9. The van der Waals surface area contributed by atoms with Crippen LogP contribution in [-0.2, 0) is 9.59 Å². The van der Waals surface area contributed by atoms with E-state index in [9.17, 15) is 24.6 Å². The van der Waals surface area contributed by atoms with Crippen LogP contribution in [0.4, 0.5) is 0 Å². The van der Waals surface area contributed by atoms with Gasteiger partial charge in [0.2, 0.25) is 0 Å². The monoisotopic (exact) mass is 412 g/mol. The topological polar surface area (TPSA) is 91.7 Å². The van der Waals surface area contributed by atoms with E-state index in [1.165, 1.54) is 0 Å². The minimum absolute atomic E-state index is 0.191. The van der Waals surface area contributed by atoms with Gasteiger partial charge >= 0.3 is 11.9 Å². The van der Waals surface area contributed by atoms with Gasteiger partial charge in [0.1, 0.15) is 0 Å². The van der Waals surface area contributed by atoms with Crippen LogP contribution in [0.3, 0.4) is 0 Å². The Kier molecular flexibility index (Phi) is 4.29. The first kappa shape index (κ1) is 19.2. The normalized spacial score (nSPS) is 23.6. The van der Waals surface area contributed by atoms with Gasteiger partial charge in [0, 0.05) is 23.0 Å². The third-order valence-electron chi connectivity index (χ3n) is 6.80. The van der Waals surface area contributed by atoms with Crippen LogP contribution < -0.4 is 0 Å². The van der Waals surface area contributed by atoms with Crippen molar-refractivity contribution < 1.29 is 24.6 Å². The van der Waals surface area contributed by atoms with E-state index in [4.69, 9.17) is 0 Å². The van der Waals surface area contributed by atoms with Gasteiger partial charge in [-0.2, -0.15) is 0 Å². The highest BCUT2D eigenvalue weighted by atomic mass is 16.4. The maximum absolute atomic E-state index is 13.6. The molecule has 2 aliphatic carbocycles. The lowest BCUT2D eigenvalue weighted by molar-refractivity contribution is -0.164. The summed E-state index contributed by atoms with van der Waals surface area (Å²) in [6, 6.07) is 20.4. The maximum Gasteiger partial charge on any atom is 0.308 e. The van der Waals surface area contributed by atoms with Crippen molar-refractivity contribution in [3.63, 3.8) is 0 Å². The van der Waals surface area contributed by atoms with Crippen LogP contribution in [-0.4, -0.2) is 27.9 Å². The number of aryl methyl sites for hydroxylation is 1. The van der Waals surface area contributed by atoms with Crippen molar-refractivity contribution in [2.75, 3.05) is 0 Å². The van der Waals surface area contributed by atoms with Gasteiger partial charge in [-0.15, -0.1) is 0 Å². The van der Waals surface area contributed by atoms with Crippen molar-refractivity contribution in [3.8, 4) is 11.1 Å². The maximum atomic E-state index is 13.6. The second kappa shape index (κ2) is 6.91. The summed E-state index contributed by atoms with van der Waals surface area (Å²) in [5.41, 5.74) is 5.09. The molecule has 0 unspecified atom stereocenters. The van der Waals surface area contributed by atoms with Crippen LogP contribution in [0.1, 0.15) is 44.4 Å². The Bertz CT molecular complexity index is 1260. The molecule has 154 valence electrons. The molecule has 0 saturated heterocycles. The molecule has 5 nitrogen and oxygen atoms in total. The lowest BCUT2D eigenvalue weighted by atomic mass is 9.52. The highest BCUT2D eigenvalue weighted by molar-refractivity contribution is 6.13. The number of aliphatic carboxylic acids is 2.